The first-order valence-corrected chi connectivity index (χ1v) is 11.5. The Morgan fingerprint density at radius 1 is 1.23 bits per heavy atom. The van der Waals surface area contributed by atoms with Crippen LogP contribution < -0.4 is 10.0 Å². The predicted molar refractivity (Wildman–Crippen MR) is 115 cm³/mol. The highest BCUT2D eigenvalue weighted by molar-refractivity contribution is 7.99. The number of carbonyl (C=O) groups is 2. The van der Waals surface area contributed by atoms with Crippen molar-refractivity contribution in [3.63, 3.8) is 0 Å². The lowest BCUT2D eigenvalue weighted by molar-refractivity contribution is -0.148. The summed E-state index contributed by atoms with van der Waals surface area (Å²) in [7, 11) is -3.72. The van der Waals surface area contributed by atoms with Crippen molar-refractivity contribution in [3.05, 3.63) is 54.1 Å². The van der Waals surface area contributed by atoms with Crippen LogP contribution in [0.15, 0.2) is 63.3 Å². The standard InChI is InChI=1S/C20H18N4O5S2/c1-13(22-19-14-6-2-5-9-17(14)31(27,28)24-19)20(26)29-12-18(25)23-15-7-3-4-8-16(15)30-11-10-21/h2-9,13H,11-12H2,1H3,(H,22,24)(H,23,25). The molecule has 0 aliphatic carbocycles. The molecule has 3 rings (SSSR count). The maximum atomic E-state index is 12.2. The molecule has 0 radical (unpaired) electrons. The van der Waals surface area contributed by atoms with E-state index < -0.39 is 34.5 Å². The van der Waals surface area contributed by atoms with Crippen molar-refractivity contribution < 1.29 is 22.7 Å². The monoisotopic (exact) mass is 458 g/mol. The van der Waals surface area contributed by atoms with Crippen LogP contribution in [0.1, 0.15) is 12.5 Å². The number of fused-ring (bicyclic) bond motifs is 1. The number of aliphatic imine (C=N–C) groups is 1. The highest BCUT2D eigenvalue weighted by Gasteiger charge is 2.31. The molecule has 0 saturated carbocycles. The minimum atomic E-state index is -3.72. The Morgan fingerprint density at radius 2 is 1.94 bits per heavy atom. The lowest BCUT2D eigenvalue weighted by Crippen LogP contribution is -2.28. The van der Waals surface area contributed by atoms with Gasteiger partial charge < -0.3 is 10.1 Å². The number of nitriles is 1. The van der Waals surface area contributed by atoms with E-state index in [0.717, 1.165) is 4.90 Å². The maximum Gasteiger partial charge on any atom is 0.331 e. The Balaban J connectivity index is 1.60. The van der Waals surface area contributed by atoms with E-state index in [-0.39, 0.29) is 16.5 Å². The van der Waals surface area contributed by atoms with E-state index in [9.17, 15) is 18.0 Å². The van der Waals surface area contributed by atoms with Crippen LogP contribution in [0.3, 0.4) is 0 Å². The fraction of sp³-hybridized carbons (Fsp3) is 0.200. The van der Waals surface area contributed by atoms with Gasteiger partial charge >= 0.3 is 5.97 Å². The summed E-state index contributed by atoms with van der Waals surface area (Å²) in [6, 6.07) is 14.2. The van der Waals surface area contributed by atoms with Gasteiger partial charge in [0.05, 0.1) is 22.4 Å². The van der Waals surface area contributed by atoms with Gasteiger partial charge in [-0.3, -0.25) is 14.5 Å². The van der Waals surface area contributed by atoms with Crippen LogP contribution in [0, 0.1) is 11.3 Å². The first-order chi connectivity index (χ1) is 14.8. The number of esters is 1. The first-order valence-electron chi connectivity index (χ1n) is 9.07. The number of hydrogen-bond acceptors (Lipinski definition) is 8. The summed E-state index contributed by atoms with van der Waals surface area (Å²) in [4.78, 5) is 29.3. The number of nitrogens with one attached hydrogen (secondary N) is 2. The second kappa shape index (κ2) is 9.63. The minimum absolute atomic E-state index is 0.0490. The highest BCUT2D eigenvalue weighted by atomic mass is 32.2. The van der Waals surface area contributed by atoms with E-state index in [1.165, 1.54) is 24.8 Å². The molecule has 9 nitrogen and oxygen atoms in total. The van der Waals surface area contributed by atoms with E-state index in [2.05, 4.69) is 15.0 Å². The summed E-state index contributed by atoms with van der Waals surface area (Å²) in [6.45, 7) is 0.907. The van der Waals surface area contributed by atoms with Gasteiger partial charge in [0.25, 0.3) is 15.9 Å². The largest absolute Gasteiger partial charge is 0.454 e. The number of para-hydroxylation sites is 1. The molecule has 2 aromatic carbocycles. The van der Waals surface area contributed by atoms with Gasteiger partial charge in [0.15, 0.2) is 6.61 Å². The Labute approximate surface area is 183 Å². The summed E-state index contributed by atoms with van der Waals surface area (Å²) >= 11 is 1.27. The molecule has 1 aliphatic heterocycles. The van der Waals surface area contributed by atoms with Crippen molar-refractivity contribution >= 4 is 45.2 Å². The average molecular weight is 459 g/mol. The Bertz CT molecular complexity index is 1190. The van der Waals surface area contributed by atoms with Crippen LogP contribution in [0.4, 0.5) is 5.69 Å². The minimum Gasteiger partial charge on any atom is -0.454 e. The van der Waals surface area contributed by atoms with E-state index in [4.69, 9.17) is 10.00 Å². The maximum absolute atomic E-state index is 12.2. The molecular weight excluding hydrogens is 440 g/mol. The van der Waals surface area contributed by atoms with Gasteiger partial charge in [0.2, 0.25) is 0 Å². The molecular formula is C20H18N4O5S2. The molecule has 1 amide bonds. The quantitative estimate of drug-likeness (QED) is 0.477. The number of rotatable bonds is 7. The molecule has 2 aromatic rings. The molecule has 0 fully saturated rings. The zero-order valence-corrected chi connectivity index (χ0v) is 18.0. The van der Waals surface area contributed by atoms with Crippen molar-refractivity contribution in [1.82, 2.24) is 4.72 Å². The van der Waals surface area contributed by atoms with Crippen molar-refractivity contribution in [1.29, 1.82) is 5.26 Å². The van der Waals surface area contributed by atoms with Gasteiger partial charge in [-0.05, 0) is 31.2 Å². The molecule has 1 atom stereocenters. The number of hydrogen-bond donors (Lipinski definition) is 2. The molecule has 31 heavy (non-hydrogen) atoms. The summed E-state index contributed by atoms with van der Waals surface area (Å²) in [5.41, 5.74) is 0.875. The molecule has 0 bridgehead atoms. The van der Waals surface area contributed by atoms with Crippen molar-refractivity contribution in [2.24, 2.45) is 4.99 Å². The summed E-state index contributed by atoms with van der Waals surface area (Å²) < 4.78 is 31.6. The average Bonchev–Trinajstić information content (AvgIpc) is 3.01. The van der Waals surface area contributed by atoms with Crippen molar-refractivity contribution in [2.45, 2.75) is 22.8 Å². The molecule has 11 heteroatoms. The Morgan fingerprint density at radius 3 is 2.71 bits per heavy atom. The Hall–Kier alpha value is -3.36. The van der Waals surface area contributed by atoms with Crippen LogP contribution >= 0.6 is 11.8 Å². The smallest absolute Gasteiger partial charge is 0.331 e. The second-order valence-electron chi connectivity index (χ2n) is 6.35. The number of sulfonamides is 1. The molecule has 160 valence electrons. The normalized spacial score (nSPS) is 15.9. The molecule has 1 unspecified atom stereocenters. The van der Waals surface area contributed by atoms with Gasteiger partial charge in [-0.1, -0.05) is 24.3 Å². The third kappa shape index (κ3) is 5.42. The van der Waals surface area contributed by atoms with E-state index in [0.29, 0.717) is 11.3 Å². The van der Waals surface area contributed by atoms with Crippen molar-refractivity contribution in [3.8, 4) is 6.07 Å². The summed E-state index contributed by atoms with van der Waals surface area (Å²) in [6.07, 6.45) is 0. The number of thioether (sulfide) groups is 1. The number of amidine groups is 1. The SMILES string of the molecule is CC(N=C1NS(=O)(=O)c2ccccc21)C(=O)OCC(=O)Nc1ccccc1SCC#N. The number of nitrogens with zero attached hydrogens (tertiary/aromatic N) is 2. The third-order valence-corrected chi connectivity index (χ3v) is 6.46. The van der Waals surface area contributed by atoms with Crippen LogP contribution in [0.2, 0.25) is 0 Å². The van der Waals surface area contributed by atoms with Crippen LogP contribution in [-0.4, -0.2) is 44.5 Å². The number of ether oxygens (including phenoxy) is 1. The number of benzene rings is 2. The van der Waals surface area contributed by atoms with Gasteiger partial charge in [-0.2, -0.15) is 5.26 Å². The zero-order valence-electron chi connectivity index (χ0n) is 16.4. The van der Waals surface area contributed by atoms with Gasteiger partial charge in [0, 0.05) is 10.5 Å². The molecule has 1 aliphatic rings. The van der Waals surface area contributed by atoms with Gasteiger partial charge in [0.1, 0.15) is 11.9 Å². The third-order valence-electron chi connectivity index (χ3n) is 4.13. The predicted octanol–water partition coefficient (Wildman–Crippen LogP) is 1.91. The topological polar surface area (TPSA) is 138 Å². The molecule has 2 N–H and O–H groups in total. The molecule has 0 spiro atoms. The molecule has 0 aromatic heterocycles. The van der Waals surface area contributed by atoms with E-state index in [1.807, 2.05) is 6.07 Å². The number of anilines is 1. The fourth-order valence-electron chi connectivity index (χ4n) is 2.73. The zero-order chi connectivity index (χ0) is 22.4. The fourth-order valence-corrected chi connectivity index (χ4v) is 4.63. The Kier molecular flexibility index (Phi) is 6.94. The highest BCUT2D eigenvalue weighted by Crippen LogP contribution is 2.26. The molecule has 1 heterocycles. The van der Waals surface area contributed by atoms with Crippen LogP contribution in [-0.2, 0) is 24.3 Å². The number of carbonyl (C=O) groups excluding carboxylic acids is 2. The lowest BCUT2D eigenvalue weighted by Gasteiger charge is -2.11. The second-order valence-corrected chi connectivity index (χ2v) is 9.02. The van der Waals surface area contributed by atoms with Gasteiger partial charge in [-0.25, -0.2) is 13.2 Å². The van der Waals surface area contributed by atoms with Crippen molar-refractivity contribution in [2.75, 3.05) is 17.7 Å². The van der Waals surface area contributed by atoms with E-state index in [1.54, 1.807) is 42.5 Å². The van der Waals surface area contributed by atoms with Crippen LogP contribution in [0.5, 0.6) is 0 Å². The molecule has 0 saturated heterocycles. The van der Waals surface area contributed by atoms with E-state index >= 15 is 0 Å². The summed E-state index contributed by atoms with van der Waals surface area (Å²) in [5.74, 6) is -1.05. The van der Waals surface area contributed by atoms with Crippen LogP contribution in [0.25, 0.3) is 0 Å². The number of amides is 1. The summed E-state index contributed by atoms with van der Waals surface area (Å²) in [5, 5.41) is 11.4. The first kappa shape index (κ1) is 22.3. The van der Waals surface area contributed by atoms with Gasteiger partial charge in [-0.15, -0.1) is 11.8 Å². The lowest BCUT2D eigenvalue weighted by atomic mass is 10.2.